The molecule has 1 aromatic carbocycles. The lowest BCUT2D eigenvalue weighted by Gasteiger charge is -2.25. The lowest BCUT2D eigenvalue weighted by molar-refractivity contribution is 0.968. The van der Waals surface area contributed by atoms with Crippen LogP contribution < -0.4 is 15.1 Å². The number of nitrogens with zero attached hydrogens (tertiary/aromatic N) is 3. The van der Waals surface area contributed by atoms with E-state index in [4.69, 9.17) is 0 Å². The van der Waals surface area contributed by atoms with Crippen molar-refractivity contribution < 1.29 is 0 Å². The molecule has 1 aliphatic rings. The Morgan fingerprint density at radius 1 is 1.29 bits per heavy atom. The number of hydrogen-bond acceptors (Lipinski definition) is 4. The first-order valence-electron chi connectivity index (χ1n) is 7.55. The van der Waals surface area contributed by atoms with Crippen molar-refractivity contribution in [3.8, 4) is 0 Å². The molecule has 4 heteroatoms. The minimum Gasteiger partial charge on any atom is -0.365 e. The van der Waals surface area contributed by atoms with Gasteiger partial charge in [0.05, 0.1) is 24.2 Å². The normalized spacial score (nSPS) is 13.0. The fourth-order valence-corrected chi connectivity index (χ4v) is 2.85. The van der Waals surface area contributed by atoms with Gasteiger partial charge in [-0.15, -0.1) is 0 Å². The number of anilines is 4. The number of para-hydroxylation sites is 1. The first-order chi connectivity index (χ1) is 10.2. The average Bonchev–Trinajstić information content (AvgIpc) is 2.90. The first kappa shape index (κ1) is 13.7. The molecular weight excluding hydrogens is 260 g/mol. The Morgan fingerprint density at radius 3 is 2.86 bits per heavy atom. The van der Waals surface area contributed by atoms with Crippen molar-refractivity contribution in [2.75, 3.05) is 35.4 Å². The Hall–Kier alpha value is -2.23. The Morgan fingerprint density at radius 2 is 2.10 bits per heavy atom. The van der Waals surface area contributed by atoms with Crippen LogP contribution in [0.1, 0.15) is 19.4 Å². The van der Waals surface area contributed by atoms with Crippen LogP contribution in [-0.4, -0.2) is 25.2 Å². The molecule has 0 spiro atoms. The van der Waals surface area contributed by atoms with Crippen LogP contribution in [0, 0.1) is 0 Å². The molecular formula is C17H22N4. The number of pyridine rings is 1. The van der Waals surface area contributed by atoms with E-state index in [-0.39, 0.29) is 0 Å². The quantitative estimate of drug-likeness (QED) is 0.928. The summed E-state index contributed by atoms with van der Waals surface area (Å²) in [6.45, 7) is 6.11. The zero-order valence-electron chi connectivity index (χ0n) is 12.9. The van der Waals surface area contributed by atoms with E-state index in [0.29, 0.717) is 0 Å². The number of aryl methyl sites for hydroxylation is 1. The van der Waals surface area contributed by atoms with Gasteiger partial charge in [0.15, 0.2) is 0 Å². The second-order valence-corrected chi connectivity index (χ2v) is 5.32. The zero-order chi connectivity index (χ0) is 14.8. The monoisotopic (exact) mass is 282 g/mol. The predicted molar refractivity (Wildman–Crippen MR) is 89.6 cm³/mol. The van der Waals surface area contributed by atoms with Crippen LogP contribution in [0.4, 0.5) is 22.9 Å². The highest BCUT2D eigenvalue weighted by atomic mass is 15.3. The Labute approximate surface area is 126 Å². The van der Waals surface area contributed by atoms with E-state index in [1.54, 1.807) is 0 Å². The molecule has 3 rings (SSSR count). The highest BCUT2D eigenvalue weighted by Gasteiger charge is 2.19. The van der Waals surface area contributed by atoms with Gasteiger partial charge in [-0.3, -0.25) is 0 Å². The van der Waals surface area contributed by atoms with Crippen LogP contribution in [0.5, 0.6) is 0 Å². The average molecular weight is 282 g/mol. The van der Waals surface area contributed by atoms with Gasteiger partial charge >= 0.3 is 0 Å². The standard InChI is InChI=1S/C17H22N4/c1-4-13-8-6-7-9-15(13)21(5-2)17-10-16-14(11-18-17)19-12-20(16)3/h6-11,19H,4-5,12H2,1-3H3. The van der Waals surface area contributed by atoms with Crippen molar-refractivity contribution in [1.82, 2.24) is 4.98 Å². The Bertz CT molecular complexity index is 638. The van der Waals surface area contributed by atoms with Crippen molar-refractivity contribution in [3.63, 3.8) is 0 Å². The van der Waals surface area contributed by atoms with Gasteiger partial charge in [-0.05, 0) is 25.0 Å². The predicted octanol–water partition coefficient (Wildman–Crippen LogP) is 3.62. The van der Waals surface area contributed by atoms with E-state index in [9.17, 15) is 0 Å². The molecule has 0 fully saturated rings. The number of nitrogens with one attached hydrogen (secondary N) is 1. The highest BCUT2D eigenvalue weighted by molar-refractivity contribution is 5.78. The number of rotatable bonds is 4. The van der Waals surface area contributed by atoms with E-state index in [1.807, 2.05) is 6.20 Å². The lowest BCUT2D eigenvalue weighted by Crippen LogP contribution is -2.19. The highest BCUT2D eigenvalue weighted by Crippen LogP contribution is 2.35. The van der Waals surface area contributed by atoms with Crippen molar-refractivity contribution in [1.29, 1.82) is 0 Å². The summed E-state index contributed by atoms with van der Waals surface area (Å²) in [4.78, 5) is 9.14. The van der Waals surface area contributed by atoms with Gasteiger partial charge in [-0.2, -0.15) is 0 Å². The smallest absolute Gasteiger partial charge is 0.135 e. The molecule has 0 bridgehead atoms. The van der Waals surface area contributed by atoms with Gasteiger partial charge in [-0.25, -0.2) is 4.98 Å². The molecule has 1 aliphatic heterocycles. The van der Waals surface area contributed by atoms with Crippen LogP contribution in [-0.2, 0) is 6.42 Å². The number of fused-ring (bicyclic) bond motifs is 1. The first-order valence-corrected chi connectivity index (χ1v) is 7.55. The molecule has 0 unspecified atom stereocenters. The number of hydrogen-bond donors (Lipinski definition) is 1. The van der Waals surface area contributed by atoms with Crippen LogP contribution in [0.25, 0.3) is 0 Å². The summed E-state index contributed by atoms with van der Waals surface area (Å²) in [7, 11) is 2.10. The Balaban J connectivity index is 2.03. The van der Waals surface area contributed by atoms with E-state index >= 15 is 0 Å². The molecule has 1 aromatic heterocycles. The summed E-state index contributed by atoms with van der Waals surface area (Å²) in [5.74, 6) is 1.01. The molecule has 1 N–H and O–H groups in total. The van der Waals surface area contributed by atoms with Gasteiger partial charge in [0, 0.05) is 25.3 Å². The van der Waals surface area contributed by atoms with E-state index in [1.165, 1.54) is 16.9 Å². The van der Waals surface area contributed by atoms with Gasteiger partial charge in [0.25, 0.3) is 0 Å². The number of benzene rings is 1. The fraction of sp³-hybridized carbons (Fsp3) is 0.353. The molecule has 0 amide bonds. The molecule has 4 nitrogen and oxygen atoms in total. The van der Waals surface area contributed by atoms with E-state index in [2.05, 4.69) is 71.3 Å². The van der Waals surface area contributed by atoms with Crippen molar-refractivity contribution >= 4 is 22.9 Å². The molecule has 21 heavy (non-hydrogen) atoms. The van der Waals surface area contributed by atoms with Gasteiger partial charge in [0.2, 0.25) is 0 Å². The molecule has 0 saturated heterocycles. The minimum absolute atomic E-state index is 0.845. The van der Waals surface area contributed by atoms with Crippen LogP contribution in [0.3, 0.4) is 0 Å². The van der Waals surface area contributed by atoms with E-state index in [0.717, 1.165) is 31.1 Å². The summed E-state index contributed by atoms with van der Waals surface area (Å²) < 4.78 is 0. The molecule has 0 aliphatic carbocycles. The summed E-state index contributed by atoms with van der Waals surface area (Å²) in [6, 6.07) is 10.7. The van der Waals surface area contributed by atoms with Crippen molar-refractivity contribution in [3.05, 3.63) is 42.1 Å². The van der Waals surface area contributed by atoms with Crippen molar-refractivity contribution in [2.45, 2.75) is 20.3 Å². The van der Waals surface area contributed by atoms with Gasteiger partial charge in [-0.1, -0.05) is 25.1 Å². The lowest BCUT2D eigenvalue weighted by atomic mass is 10.1. The minimum atomic E-state index is 0.845. The molecule has 2 heterocycles. The molecule has 0 atom stereocenters. The number of aromatic nitrogens is 1. The van der Waals surface area contributed by atoms with Gasteiger partial charge in [0.1, 0.15) is 5.82 Å². The van der Waals surface area contributed by atoms with Crippen LogP contribution in [0.15, 0.2) is 36.5 Å². The third-order valence-electron chi connectivity index (χ3n) is 4.04. The maximum absolute atomic E-state index is 4.64. The molecule has 110 valence electrons. The van der Waals surface area contributed by atoms with Crippen LogP contribution in [0.2, 0.25) is 0 Å². The largest absolute Gasteiger partial charge is 0.365 e. The summed E-state index contributed by atoms with van der Waals surface area (Å²) >= 11 is 0. The maximum Gasteiger partial charge on any atom is 0.135 e. The third kappa shape index (κ3) is 2.42. The SMILES string of the molecule is CCc1ccccc1N(CC)c1cc2c(cn1)NCN2C. The zero-order valence-corrected chi connectivity index (χ0v) is 12.9. The third-order valence-corrected chi connectivity index (χ3v) is 4.04. The molecule has 0 saturated carbocycles. The molecule has 2 aromatic rings. The van der Waals surface area contributed by atoms with Crippen LogP contribution >= 0.6 is 0 Å². The Kier molecular flexibility index (Phi) is 3.69. The topological polar surface area (TPSA) is 31.4 Å². The molecule has 0 radical (unpaired) electrons. The van der Waals surface area contributed by atoms with Crippen molar-refractivity contribution in [2.24, 2.45) is 0 Å². The summed E-state index contributed by atoms with van der Waals surface area (Å²) in [5, 5.41) is 3.34. The van der Waals surface area contributed by atoms with E-state index < -0.39 is 0 Å². The second kappa shape index (κ2) is 5.64. The maximum atomic E-state index is 4.64. The summed E-state index contributed by atoms with van der Waals surface area (Å²) in [6.07, 6.45) is 2.96. The second-order valence-electron chi connectivity index (χ2n) is 5.32. The summed E-state index contributed by atoms with van der Waals surface area (Å²) in [5.41, 5.74) is 4.94. The fourth-order valence-electron chi connectivity index (χ4n) is 2.85. The van der Waals surface area contributed by atoms with Gasteiger partial charge < -0.3 is 15.1 Å².